The number of nitrogens with two attached hydrogens (primary N) is 1. The molecule has 4 nitrogen and oxygen atoms in total. The van der Waals surface area contributed by atoms with Crippen molar-refractivity contribution in [2.45, 2.75) is 13.5 Å². The first-order valence-electron chi connectivity index (χ1n) is 5.87. The summed E-state index contributed by atoms with van der Waals surface area (Å²) in [4.78, 5) is 15.4. The molecular formula is C14H16N2O2S. The van der Waals surface area contributed by atoms with Crippen molar-refractivity contribution in [3.05, 3.63) is 45.6 Å². The number of phenols is 1. The van der Waals surface area contributed by atoms with Gasteiger partial charge in [0.2, 0.25) is 0 Å². The molecule has 0 aliphatic rings. The summed E-state index contributed by atoms with van der Waals surface area (Å²) in [5.74, 6) is 0.108. The summed E-state index contributed by atoms with van der Waals surface area (Å²) in [6.07, 6.45) is 0. The molecule has 0 spiro atoms. The third-order valence-corrected chi connectivity index (χ3v) is 3.97. The predicted octanol–water partition coefficient (Wildman–Crippen LogP) is 2.62. The molecule has 19 heavy (non-hydrogen) atoms. The third-order valence-electron chi connectivity index (χ3n) is 2.91. The van der Waals surface area contributed by atoms with Crippen molar-refractivity contribution in [3.8, 4) is 5.75 Å². The molecule has 0 saturated carbocycles. The van der Waals surface area contributed by atoms with E-state index in [-0.39, 0.29) is 11.7 Å². The van der Waals surface area contributed by atoms with Gasteiger partial charge in [0.1, 0.15) is 5.75 Å². The second-order valence-electron chi connectivity index (χ2n) is 4.41. The first kappa shape index (κ1) is 13.4. The standard InChI is InChI=1S/C14H16N2O2S/c1-9-11(15)7-13(19-9)14(18)16(2)8-10-5-3-4-6-12(10)17/h3-7,17H,8,15H2,1-2H3. The van der Waals surface area contributed by atoms with Gasteiger partial charge in [-0.1, -0.05) is 18.2 Å². The van der Waals surface area contributed by atoms with Crippen LogP contribution in [0.15, 0.2) is 30.3 Å². The van der Waals surface area contributed by atoms with Crippen molar-refractivity contribution in [1.29, 1.82) is 0 Å². The van der Waals surface area contributed by atoms with Crippen LogP contribution in [0.1, 0.15) is 20.1 Å². The van der Waals surface area contributed by atoms with E-state index in [9.17, 15) is 9.90 Å². The highest BCUT2D eigenvalue weighted by atomic mass is 32.1. The first-order chi connectivity index (χ1) is 8.99. The molecule has 0 unspecified atom stereocenters. The quantitative estimate of drug-likeness (QED) is 0.905. The summed E-state index contributed by atoms with van der Waals surface area (Å²) in [7, 11) is 1.71. The Hall–Kier alpha value is -2.01. The number of thiophene rings is 1. The lowest BCUT2D eigenvalue weighted by Gasteiger charge is -2.16. The second kappa shape index (κ2) is 5.32. The number of carbonyl (C=O) groups is 1. The normalized spacial score (nSPS) is 10.4. The highest BCUT2D eigenvalue weighted by Gasteiger charge is 2.16. The van der Waals surface area contributed by atoms with Crippen molar-refractivity contribution in [2.24, 2.45) is 0 Å². The number of aromatic hydroxyl groups is 1. The van der Waals surface area contributed by atoms with Gasteiger partial charge in [-0.2, -0.15) is 0 Å². The van der Waals surface area contributed by atoms with Crippen molar-refractivity contribution >= 4 is 22.9 Å². The van der Waals surface area contributed by atoms with E-state index in [1.54, 1.807) is 36.2 Å². The number of carbonyl (C=O) groups excluding carboxylic acids is 1. The van der Waals surface area contributed by atoms with Gasteiger partial charge in [-0.15, -0.1) is 11.3 Å². The molecule has 0 saturated heterocycles. The second-order valence-corrected chi connectivity index (χ2v) is 5.67. The maximum absolute atomic E-state index is 12.2. The fourth-order valence-electron chi connectivity index (χ4n) is 1.76. The summed E-state index contributed by atoms with van der Waals surface area (Å²) >= 11 is 1.39. The minimum absolute atomic E-state index is 0.0898. The van der Waals surface area contributed by atoms with Crippen molar-refractivity contribution < 1.29 is 9.90 Å². The molecule has 1 aromatic carbocycles. The molecule has 1 aromatic heterocycles. The zero-order valence-corrected chi connectivity index (χ0v) is 11.7. The lowest BCUT2D eigenvalue weighted by Crippen LogP contribution is -2.25. The van der Waals surface area contributed by atoms with Gasteiger partial charge in [-0.25, -0.2) is 0 Å². The van der Waals surface area contributed by atoms with E-state index >= 15 is 0 Å². The summed E-state index contributed by atoms with van der Waals surface area (Å²) in [5.41, 5.74) is 7.12. The Balaban J connectivity index is 2.14. The Bertz CT molecular complexity index is 588. The maximum Gasteiger partial charge on any atom is 0.264 e. The molecule has 2 aromatic rings. The molecule has 2 rings (SSSR count). The van der Waals surface area contributed by atoms with E-state index in [0.717, 1.165) is 10.4 Å². The lowest BCUT2D eigenvalue weighted by atomic mass is 10.2. The Morgan fingerprint density at radius 2 is 2.11 bits per heavy atom. The van der Waals surface area contributed by atoms with Gasteiger partial charge in [-0.3, -0.25) is 4.79 Å². The molecule has 0 radical (unpaired) electrons. The number of benzene rings is 1. The number of amides is 1. The van der Waals surface area contributed by atoms with Crippen LogP contribution in [0.3, 0.4) is 0 Å². The molecule has 5 heteroatoms. The summed E-state index contributed by atoms with van der Waals surface area (Å²) in [6, 6.07) is 8.70. The first-order valence-corrected chi connectivity index (χ1v) is 6.69. The van der Waals surface area contributed by atoms with Gasteiger partial charge < -0.3 is 15.7 Å². The molecule has 0 atom stereocenters. The monoisotopic (exact) mass is 276 g/mol. The number of anilines is 1. The molecule has 100 valence electrons. The summed E-state index contributed by atoms with van der Waals surface area (Å²) < 4.78 is 0. The van der Waals surface area contributed by atoms with E-state index in [1.165, 1.54) is 11.3 Å². The SMILES string of the molecule is Cc1sc(C(=O)N(C)Cc2ccccc2O)cc1N. The fraction of sp³-hybridized carbons (Fsp3) is 0.214. The number of hydrogen-bond donors (Lipinski definition) is 2. The molecule has 0 bridgehead atoms. The molecule has 3 N–H and O–H groups in total. The van der Waals surface area contributed by atoms with Crippen LogP contribution in [0, 0.1) is 6.92 Å². The Kier molecular flexibility index (Phi) is 3.76. The van der Waals surface area contributed by atoms with Crippen LogP contribution in [0.2, 0.25) is 0 Å². The van der Waals surface area contributed by atoms with E-state index < -0.39 is 0 Å². The van der Waals surface area contributed by atoms with Gasteiger partial charge in [0, 0.05) is 29.7 Å². The largest absolute Gasteiger partial charge is 0.508 e. The number of nitrogen functional groups attached to an aromatic ring is 1. The smallest absolute Gasteiger partial charge is 0.264 e. The van der Waals surface area contributed by atoms with Gasteiger partial charge in [-0.05, 0) is 19.1 Å². The van der Waals surface area contributed by atoms with Gasteiger partial charge >= 0.3 is 0 Å². The van der Waals surface area contributed by atoms with E-state index in [1.807, 2.05) is 13.0 Å². The third kappa shape index (κ3) is 2.88. The van der Waals surface area contributed by atoms with Crippen LogP contribution in [0.25, 0.3) is 0 Å². The lowest BCUT2D eigenvalue weighted by molar-refractivity contribution is 0.0789. The Labute approximate surface area is 116 Å². The molecular weight excluding hydrogens is 260 g/mol. The van der Waals surface area contributed by atoms with Crippen LogP contribution in [0.5, 0.6) is 5.75 Å². The topological polar surface area (TPSA) is 66.6 Å². The number of aryl methyl sites for hydroxylation is 1. The van der Waals surface area contributed by atoms with Crippen LogP contribution in [-0.4, -0.2) is 23.0 Å². The Morgan fingerprint density at radius 3 is 2.68 bits per heavy atom. The average Bonchev–Trinajstić information content (AvgIpc) is 2.71. The van der Waals surface area contributed by atoms with E-state index in [4.69, 9.17) is 5.73 Å². The molecule has 1 heterocycles. The molecule has 0 fully saturated rings. The minimum Gasteiger partial charge on any atom is -0.508 e. The molecule has 0 aliphatic heterocycles. The summed E-state index contributed by atoms with van der Waals surface area (Å²) in [5, 5.41) is 9.70. The van der Waals surface area contributed by atoms with Gasteiger partial charge in [0.05, 0.1) is 4.88 Å². The van der Waals surface area contributed by atoms with Crippen LogP contribution >= 0.6 is 11.3 Å². The number of phenolic OH excluding ortho intramolecular Hbond substituents is 1. The fourth-order valence-corrected chi connectivity index (χ4v) is 2.70. The predicted molar refractivity (Wildman–Crippen MR) is 77.4 cm³/mol. The van der Waals surface area contributed by atoms with Crippen LogP contribution in [-0.2, 0) is 6.54 Å². The van der Waals surface area contributed by atoms with Gasteiger partial charge in [0.15, 0.2) is 0 Å². The number of para-hydroxylation sites is 1. The van der Waals surface area contributed by atoms with Crippen LogP contribution < -0.4 is 5.73 Å². The van der Waals surface area contributed by atoms with E-state index in [0.29, 0.717) is 17.1 Å². The minimum atomic E-state index is -0.0898. The van der Waals surface area contributed by atoms with E-state index in [2.05, 4.69) is 0 Å². The zero-order chi connectivity index (χ0) is 14.0. The highest BCUT2D eigenvalue weighted by Crippen LogP contribution is 2.25. The zero-order valence-electron chi connectivity index (χ0n) is 10.9. The Morgan fingerprint density at radius 1 is 1.42 bits per heavy atom. The summed E-state index contributed by atoms with van der Waals surface area (Å²) in [6.45, 7) is 2.25. The maximum atomic E-state index is 12.2. The number of hydrogen-bond acceptors (Lipinski definition) is 4. The van der Waals surface area contributed by atoms with Gasteiger partial charge in [0.25, 0.3) is 5.91 Å². The number of rotatable bonds is 3. The number of nitrogens with zero attached hydrogens (tertiary/aromatic N) is 1. The van der Waals surface area contributed by atoms with Crippen molar-refractivity contribution in [3.63, 3.8) is 0 Å². The van der Waals surface area contributed by atoms with Crippen molar-refractivity contribution in [2.75, 3.05) is 12.8 Å². The van der Waals surface area contributed by atoms with Crippen LogP contribution in [0.4, 0.5) is 5.69 Å². The molecule has 1 amide bonds. The highest BCUT2D eigenvalue weighted by molar-refractivity contribution is 7.14. The van der Waals surface area contributed by atoms with Crippen molar-refractivity contribution in [1.82, 2.24) is 4.90 Å². The molecule has 0 aliphatic carbocycles. The average molecular weight is 276 g/mol.